The normalized spacial score (nSPS) is 20.7. The van der Waals surface area contributed by atoms with Crippen molar-refractivity contribution in [2.75, 3.05) is 13.7 Å². The molecule has 3 aliphatic rings. The Bertz CT molecular complexity index is 2100. The van der Waals surface area contributed by atoms with Gasteiger partial charge in [0.1, 0.15) is 11.3 Å². The van der Waals surface area contributed by atoms with Crippen molar-refractivity contribution in [2.45, 2.75) is 50.9 Å². The summed E-state index contributed by atoms with van der Waals surface area (Å²) < 4.78 is 12.6. The number of para-hydroxylation sites is 2. The lowest BCUT2D eigenvalue weighted by Crippen LogP contribution is -2.41. The Kier molecular flexibility index (Phi) is 6.31. The number of fused-ring (bicyclic) bond motifs is 4. The molecule has 232 valence electrons. The minimum atomic E-state index is 0.00549. The first-order valence-electron chi connectivity index (χ1n) is 16.4. The topological polar surface area (TPSA) is 96.1 Å². The second-order valence-electron chi connectivity index (χ2n) is 13.3. The van der Waals surface area contributed by atoms with Gasteiger partial charge in [-0.1, -0.05) is 36.4 Å². The van der Waals surface area contributed by atoms with E-state index in [-0.39, 0.29) is 18.0 Å². The van der Waals surface area contributed by atoms with Gasteiger partial charge in [0.2, 0.25) is 0 Å². The molecule has 0 unspecified atom stereocenters. The molecule has 6 aromatic rings. The van der Waals surface area contributed by atoms with E-state index in [4.69, 9.17) is 15.5 Å². The monoisotopic (exact) mass is 611 g/mol. The summed E-state index contributed by atoms with van der Waals surface area (Å²) in [5.74, 6) is 2.55. The zero-order chi connectivity index (χ0) is 30.9. The fraction of sp³-hybridized carbons (Fsp3) is 0.324. The molecule has 9 heteroatoms. The zero-order valence-corrected chi connectivity index (χ0v) is 25.9. The molecule has 3 aromatic heterocycles. The quantitative estimate of drug-likeness (QED) is 0.232. The number of hydrogen-bond acceptors (Lipinski definition) is 5. The Hall–Kier alpha value is -4.89. The SMILES string of the molecule is COc1cc(C(=O)N2C[C@H]3CC[C@@H]2[C@@H]3N)cc2nc(-c3cc4ccccc4n3CC3CC3)n(Cc3cnn(-c4ccccc4)c3)c12. The van der Waals surface area contributed by atoms with E-state index in [1.807, 2.05) is 58.2 Å². The molecule has 2 bridgehead atoms. The highest BCUT2D eigenvalue weighted by Crippen LogP contribution is 2.40. The third-order valence-corrected chi connectivity index (χ3v) is 10.4. The van der Waals surface area contributed by atoms with Gasteiger partial charge in [-0.3, -0.25) is 4.79 Å². The molecular formula is C37H37N7O2. The number of carbonyl (C=O) groups is 1. The molecule has 3 fully saturated rings. The van der Waals surface area contributed by atoms with E-state index in [0.717, 1.165) is 59.7 Å². The first kappa shape index (κ1) is 27.4. The van der Waals surface area contributed by atoms with Crippen LogP contribution in [-0.4, -0.2) is 60.4 Å². The average molecular weight is 612 g/mol. The van der Waals surface area contributed by atoms with E-state index in [0.29, 0.717) is 29.7 Å². The molecule has 46 heavy (non-hydrogen) atoms. The highest BCUT2D eigenvalue weighted by molar-refractivity contribution is 6.00. The Morgan fingerprint density at radius 3 is 2.57 bits per heavy atom. The number of carbonyl (C=O) groups excluding carboxylic acids is 1. The highest BCUT2D eigenvalue weighted by atomic mass is 16.5. The van der Waals surface area contributed by atoms with E-state index in [1.165, 1.54) is 23.7 Å². The summed E-state index contributed by atoms with van der Waals surface area (Å²) in [6.45, 7) is 2.21. The summed E-state index contributed by atoms with van der Waals surface area (Å²) in [5, 5.41) is 5.88. The zero-order valence-electron chi connectivity index (χ0n) is 25.9. The van der Waals surface area contributed by atoms with Crippen LogP contribution < -0.4 is 10.5 Å². The summed E-state index contributed by atoms with van der Waals surface area (Å²) in [4.78, 5) is 21.2. The van der Waals surface area contributed by atoms with Gasteiger partial charge in [0.25, 0.3) is 5.91 Å². The number of likely N-dealkylation sites (tertiary alicyclic amines) is 1. The van der Waals surface area contributed by atoms with Crippen LogP contribution in [0.3, 0.4) is 0 Å². The van der Waals surface area contributed by atoms with Crippen LogP contribution in [0.1, 0.15) is 41.6 Å². The maximum absolute atomic E-state index is 13.9. The van der Waals surface area contributed by atoms with Gasteiger partial charge in [-0.15, -0.1) is 0 Å². The largest absolute Gasteiger partial charge is 0.494 e. The number of ether oxygens (including phenoxy) is 1. The van der Waals surface area contributed by atoms with Gasteiger partial charge in [-0.25, -0.2) is 9.67 Å². The summed E-state index contributed by atoms with van der Waals surface area (Å²) >= 11 is 0. The molecule has 9 rings (SSSR count). The van der Waals surface area contributed by atoms with Crippen LogP contribution in [-0.2, 0) is 13.1 Å². The van der Waals surface area contributed by atoms with Gasteiger partial charge < -0.3 is 24.5 Å². The molecule has 1 aliphatic heterocycles. The molecule has 0 spiro atoms. The standard InChI is InChI=1S/C37H37N7O2/c1-46-33-17-27(37(45)42-22-26-13-14-31(42)34(26)38)15-29-35(33)43(20-24-18-39-44(21-24)28-8-3-2-4-9-28)36(40-29)32-16-25-7-5-6-10-30(25)41(32)19-23-11-12-23/h2-10,15-18,21,23,26,31,34H,11-14,19-20,22,38H2,1H3/t26-,31-,34-/m1/s1. The molecule has 0 radical (unpaired) electrons. The Balaban J connectivity index is 1.20. The lowest BCUT2D eigenvalue weighted by Gasteiger charge is -2.27. The minimum absolute atomic E-state index is 0.00549. The van der Waals surface area contributed by atoms with Gasteiger partial charge in [0, 0.05) is 53.4 Å². The van der Waals surface area contributed by atoms with Crippen molar-refractivity contribution in [3.8, 4) is 23.0 Å². The summed E-state index contributed by atoms with van der Waals surface area (Å²) in [5.41, 5.74) is 13.0. The van der Waals surface area contributed by atoms with Crippen molar-refractivity contribution in [3.05, 3.63) is 96.3 Å². The number of benzene rings is 3. The van der Waals surface area contributed by atoms with Crippen LogP contribution in [0.2, 0.25) is 0 Å². The third kappa shape index (κ3) is 4.44. The lowest BCUT2D eigenvalue weighted by molar-refractivity contribution is 0.0700. The van der Waals surface area contributed by atoms with Crippen LogP contribution in [0.5, 0.6) is 5.75 Å². The molecular weight excluding hydrogens is 574 g/mol. The van der Waals surface area contributed by atoms with E-state index >= 15 is 0 Å². The van der Waals surface area contributed by atoms with E-state index in [2.05, 4.69) is 50.8 Å². The second kappa shape index (κ2) is 10.6. The Labute approximate surface area is 267 Å². The lowest BCUT2D eigenvalue weighted by atomic mass is 10.1. The molecule has 3 aromatic carbocycles. The van der Waals surface area contributed by atoms with Gasteiger partial charge in [0.05, 0.1) is 36.7 Å². The number of nitrogens with two attached hydrogens (primary N) is 1. The average Bonchev–Trinajstić information content (AvgIpc) is 3.40. The summed E-state index contributed by atoms with van der Waals surface area (Å²) in [6, 6.07) is 24.9. The maximum Gasteiger partial charge on any atom is 0.254 e. The molecule has 2 N–H and O–H groups in total. The predicted molar refractivity (Wildman–Crippen MR) is 178 cm³/mol. The van der Waals surface area contributed by atoms with Crippen molar-refractivity contribution < 1.29 is 9.53 Å². The smallest absolute Gasteiger partial charge is 0.254 e. The molecule has 3 atom stereocenters. The van der Waals surface area contributed by atoms with Gasteiger partial charge in [-0.2, -0.15) is 5.10 Å². The predicted octanol–water partition coefficient (Wildman–Crippen LogP) is 5.87. The number of amides is 1. The Morgan fingerprint density at radius 1 is 0.978 bits per heavy atom. The van der Waals surface area contributed by atoms with Crippen LogP contribution >= 0.6 is 0 Å². The minimum Gasteiger partial charge on any atom is -0.494 e. The van der Waals surface area contributed by atoms with Crippen molar-refractivity contribution >= 4 is 27.8 Å². The van der Waals surface area contributed by atoms with Crippen LogP contribution in [0.25, 0.3) is 39.1 Å². The molecule has 1 amide bonds. The highest BCUT2D eigenvalue weighted by Gasteiger charge is 2.47. The first-order valence-corrected chi connectivity index (χ1v) is 16.4. The number of aromatic nitrogens is 5. The molecule has 4 heterocycles. The molecule has 9 nitrogen and oxygen atoms in total. The van der Waals surface area contributed by atoms with E-state index in [1.54, 1.807) is 7.11 Å². The fourth-order valence-electron chi connectivity index (χ4n) is 7.80. The van der Waals surface area contributed by atoms with Gasteiger partial charge in [-0.05, 0) is 73.9 Å². The van der Waals surface area contributed by atoms with Crippen LogP contribution in [0.4, 0.5) is 0 Å². The van der Waals surface area contributed by atoms with E-state index < -0.39 is 0 Å². The van der Waals surface area contributed by atoms with E-state index in [9.17, 15) is 4.79 Å². The molecule has 1 saturated heterocycles. The van der Waals surface area contributed by atoms with Crippen molar-refractivity contribution in [2.24, 2.45) is 17.6 Å². The second-order valence-corrected chi connectivity index (χ2v) is 13.3. The molecule has 2 aliphatic carbocycles. The summed E-state index contributed by atoms with van der Waals surface area (Å²) in [7, 11) is 1.67. The summed E-state index contributed by atoms with van der Waals surface area (Å²) in [6.07, 6.45) is 8.56. The number of nitrogens with zero attached hydrogens (tertiary/aromatic N) is 6. The number of piperidine rings is 1. The number of rotatable bonds is 8. The van der Waals surface area contributed by atoms with Crippen molar-refractivity contribution in [1.82, 2.24) is 28.8 Å². The van der Waals surface area contributed by atoms with Gasteiger partial charge in [0.15, 0.2) is 5.82 Å². The van der Waals surface area contributed by atoms with Crippen LogP contribution in [0, 0.1) is 11.8 Å². The van der Waals surface area contributed by atoms with Crippen LogP contribution in [0.15, 0.2) is 85.2 Å². The van der Waals surface area contributed by atoms with Crippen molar-refractivity contribution in [3.63, 3.8) is 0 Å². The third-order valence-electron chi connectivity index (χ3n) is 10.4. The van der Waals surface area contributed by atoms with Gasteiger partial charge >= 0.3 is 0 Å². The fourth-order valence-corrected chi connectivity index (χ4v) is 7.80. The molecule has 2 saturated carbocycles. The number of hydrogen-bond donors (Lipinski definition) is 1. The first-order chi connectivity index (χ1) is 22.6. The number of imidazole rings is 1. The maximum atomic E-state index is 13.9. The van der Waals surface area contributed by atoms with Crippen molar-refractivity contribution in [1.29, 1.82) is 0 Å². The number of methoxy groups -OCH3 is 1. The Morgan fingerprint density at radius 2 is 1.80 bits per heavy atom.